The number of hydrogen-bond acceptors (Lipinski definition) is 2. The van der Waals surface area contributed by atoms with Crippen LogP contribution in [0, 0.1) is 12.8 Å². The molecule has 0 aliphatic carbocycles. The van der Waals surface area contributed by atoms with E-state index >= 15 is 0 Å². The number of nitrogens with zero attached hydrogens (tertiary/aromatic N) is 1. The Balaban J connectivity index is 2.48. The van der Waals surface area contributed by atoms with Crippen LogP contribution in [0.1, 0.15) is 51.8 Å². The average molecular weight is 296 g/mol. The quantitative estimate of drug-likeness (QED) is 0.807. The zero-order chi connectivity index (χ0) is 16.3. The molecule has 0 aliphatic rings. The van der Waals surface area contributed by atoms with E-state index in [4.69, 9.17) is 5.73 Å². The Hall–Kier alpha value is -1.83. The Kier molecular flexibility index (Phi) is 4.90. The topological polar surface area (TPSA) is 38.9 Å². The first-order chi connectivity index (χ1) is 10.4. The molecule has 1 atom stereocenters. The Morgan fingerprint density at radius 3 is 2.59 bits per heavy atom. The predicted octanol–water partition coefficient (Wildman–Crippen LogP) is 5.35. The Morgan fingerprint density at radius 1 is 1.23 bits per heavy atom. The minimum absolute atomic E-state index is 0.214. The van der Waals surface area contributed by atoms with Gasteiger partial charge in [0.15, 0.2) is 0 Å². The second-order valence-corrected chi connectivity index (χ2v) is 6.99. The van der Waals surface area contributed by atoms with E-state index in [-0.39, 0.29) is 5.41 Å². The van der Waals surface area contributed by atoms with Crippen LogP contribution in [0.4, 0.5) is 5.69 Å². The van der Waals surface area contributed by atoms with Crippen molar-refractivity contribution >= 4 is 5.69 Å². The second kappa shape index (κ2) is 6.51. The van der Waals surface area contributed by atoms with E-state index in [1.807, 2.05) is 13.0 Å². The van der Waals surface area contributed by atoms with Crippen LogP contribution in [0.5, 0.6) is 0 Å². The van der Waals surface area contributed by atoms with Gasteiger partial charge in [-0.1, -0.05) is 52.0 Å². The lowest BCUT2D eigenvalue weighted by molar-refractivity contribution is 0.357. The molecule has 0 fully saturated rings. The minimum atomic E-state index is 0.214. The van der Waals surface area contributed by atoms with Crippen molar-refractivity contribution in [1.29, 1.82) is 0 Å². The van der Waals surface area contributed by atoms with Gasteiger partial charge < -0.3 is 5.73 Å². The highest BCUT2D eigenvalue weighted by molar-refractivity contribution is 5.69. The fraction of sp³-hybridized carbons (Fsp3) is 0.450. The lowest BCUT2D eigenvalue weighted by Crippen LogP contribution is -2.23. The zero-order valence-electron chi connectivity index (χ0n) is 14.5. The summed E-state index contributed by atoms with van der Waals surface area (Å²) in [5.74, 6) is 0.685. The van der Waals surface area contributed by atoms with Crippen molar-refractivity contribution in [3.8, 4) is 11.1 Å². The molecule has 22 heavy (non-hydrogen) atoms. The first-order valence-corrected chi connectivity index (χ1v) is 8.19. The number of aryl methyl sites for hydroxylation is 1. The summed E-state index contributed by atoms with van der Waals surface area (Å²) in [5, 5.41) is 0. The maximum absolute atomic E-state index is 5.92. The number of aromatic nitrogens is 1. The molecule has 0 spiro atoms. The van der Waals surface area contributed by atoms with Gasteiger partial charge in [0.25, 0.3) is 0 Å². The third kappa shape index (κ3) is 3.49. The fourth-order valence-corrected chi connectivity index (χ4v) is 3.27. The van der Waals surface area contributed by atoms with Crippen LogP contribution in [0.15, 0.2) is 36.5 Å². The Labute approximate surface area is 134 Å². The van der Waals surface area contributed by atoms with Gasteiger partial charge in [0, 0.05) is 11.3 Å². The summed E-state index contributed by atoms with van der Waals surface area (Å²) in [5.41, 5.74) is 11.6. The monoisotopic (exact) mass is 296 g/mol. The van der Waals surface area contributed by atoms with Crippen molar-refractivity contribution in [2.45, 2.75) is 52.9 Å². The smallest absolute Gasteiger partial charge is 0.0507 e. The van der Waals surface area contributed by atoms with Gasteiger partial charge in [-0.25, -0.2) is 0 Å². The minimum Gasteiger partial charge on any atom is -0.397 e. The number of pyridine rings is 1. The Morgan fingerprint density at radius 2 is 1.95 bits per heavy atom. The van der Waals surface area contributed by atoms with Gasteiger partial charge in [0.2, 0.25) is 0 Å². The lowest BCUT2D eigenvalue weighted by atomic mass is 9.73. The van der Waals surface area contributed by atoms with E-state index in [2.05, 4.69) is 56.9 Å². The van der Waals surface area contributed by atoms with Crippen LogP contribution in [-0.2, 0) is 5.41 Å². The first kappa shape index (κ1) is 16.5. The highest BCUT2D eigenvalue weighted by Gasteiger charge is 2.26. The SMILES string of the molecule is CCC(C)(CC(C)C)c1cccc(-c2cc(N)cnc2C)c1. The molecular formula is C20H28N2. The molecule has 1 aromatic heterocycles. The molecule has 118 valence electrons. The molecule has 2 aromatic rings. The van der Waals surface area contributed by atoms with Crippen molar-refractivity contribution in [3.05, 3.63) is 47.8 Å². The Bertz CT molecular complexity index is 646. The summed E-state index contributed by atoms with van der Waals surface area (Å²) in [6, 6.07) is 10.9. The summed E-state index contributed by atoms with van der Waals surface area (Å²) in [4.78, 5) is 4.39. The number of nitrogen functional groups attached to an aromatic ring is 1. The molecule has 2 rings (SSSR count). The van der Waals surface area contributed by atoms with E-state index in [0.717, 1.165) is 17.7 Å². The normalized spacial score (nSPS) is 14.1. The third-order valence-electron chi connectivity index (χ3n) is 4.62. The van der Waals surface area contributed by atoms with E-state index in [0.29, 0.717) is 11.6 Å². The molecule has 0 amide bonds. The standard InChI is InChI=1S/C20H28N2/c1-6-20(5,12-14(2)3)17-9-7-8-16(10-17)19-11-18(21)13-22-15(19)4/h7-11,13-14H,6,12,21H2,1-5H3. The summed E-state index contributed by atoms with van der Waals surface area (Å²) in [6.07, 6.45) is 4.06. The lowest BCUT2D eigenvalue weighted by Gasteiger charge is -2.31. The molecule has 1 aromatic carbocycles. The largest absolute Gasteiger partial charge is 0.397 e. The maximum atomic E-state index is 5.92. The van der Waals surface area contributed by atoms with E-state index in [9.17, 15) is 0 Å². The van der Waals surface area contributed by atoms with Gasteiger partial charge in [-0.2, -0.15) is 0 Å². The van der Waals surface area contributed by atoms with Gasteiger partial charge in [0.1, 0.15) is 0 Å². The molecule has 0 saturated carbocycles. The number of hydrogen-bond donors (Lipinski definition) is 1. The van der Waals surface area contributed by atoms with Crippen LogP contribution < -0.4 is 5.73 Å². The zero-order valence-corrected chi connectivity index (χ0v) is 14.5. The predicted molar refractivity (Wildman–Crippen MR) is 95.9 cm³/mol. The number of rotatable bonds is 5. The molecule has 1 heterocycles. The molecule has 2 N–H and O–H groups in total. The highest BCUT2D eigenvalue weighted by atomic mass is 14.7. The number of benzene rings is 1. The summed E-state index contributed by atoms with van der Waals surface area (Å²) >= 11 is 0. The maximum Gasteiger partial charge on any atom is 0.0507 e. The molecule has 0 bridgehead atoms. The molecule has 0 radical (unpaired) electrons. The molecule has 0 saturated heterocycles. The van der Waals surface area contributed by atoms with Crippen LogP contribution in [0.3, 0.4) is 0 Å². The molecular weight excluding hydrogens is 268 g/mol. The molecule has 1 unspecified atom stereocenters. The molecule has 0 aliphatic heterocycles. The van der Waals surface area contributed by atoms with E-state index in [1.54, 1.807) is 6.20 Å². The van der Waals surface area contributed by atoms with Crippen molar-refractivity contribution in [2.75, 3.05) is 5.73 Å². The molecule has 2 heteroatoms. The third-order valence-corrected chi connectivity index (χ3v) is 4.62. The summed E-state index contributed by atoms with van der Waals surface area (Å²) < 4.78 is 0. The number of anilines is 1. The van der Waals surface area contributed by atoms with Crippen molar-refractivity contribution in [3.63, 3.8) is 0 Å². The molecule has 2 nitrogen and oxygen atoms in total. The van der Waals surface area contributed by atoms with Crippen LogP contribution >= 0.6 is 0 Å². The van der Waals surface area contributed by atoms with Crippen molar-refractivity contribution in [2.24, 2.45) is 5.92 Å². The second-order valence-electron chi connectivity index (χ2n) is 6.99. The van der Waals surface area contributed by atoms with Gasteiger partial charge in [-0.15, -0.1) is 0 Å². The highest BCUT2D eigenvalue weighted by Crippen LogP contribution is 2.36. The van der Waals surface area contributed by atoms with Crippen LogP contribution in [-0.4, -0.2) is 4.98 Å². The van der Waals surface area contributed by atoms with Gasteiger partial charge in [-0.3, -0.25) is 4.98 Å². The van der Waals surface area contributed by atoms with Gasteiger partial charge in [0.05, 0.1) is 11.9 Å². The summed E-state index contributed by atoms with van der Waals surface area (Å²) in [6.45, 7) is 11.3. The first-order valence-electron chi connectivity index (χ1n) is 8.19. The van der Waals surface area contributed by atoms with Gasteiger partial charge in [-0.05, 0) is 48.3 Å². The summed E-state index contributed by atoms with van der Waals surface area (Å²) in [7, 11) is 0. The van der Waals surface area contributed by atoms with Crippen molar-refractivity contribution < 1.29 is 0 Å². The average Bonchev–Trinajstić information content (AvgIpc) is 2.49. The van der Waals surface area contributed by atoms with Crippen LogP contribution in [0.25, 0.3) is 11.1 Å². The van der Waals surface area contributed by atoms with Crippen LogP contribution in [0.2, 0.25) is 0 Å². The van der Waals surface area contributed by atoms with E-state index in [1.165, 1.54) is 17.5 Å². The van der Waals surface area contributed by atoms with E-state index < -0.39 is 0 Å². The van der Waals surface area contributed by atoms with Crippen molar-refractivity contribution in [1.82, 2.24) is 4.98 Å². The number of nitrogens with two attached hydrogens (primary N) is 1. The van der Waals surface area contributed by atoms with Gasteiger partial charge >= 0.3 is 0 Å². The fourth-order valence-electron chi connectivity index (χ4n) is 3.27.